The van der Waals surface area contributed by atoms with Gasteiger partial charge in [-0.05, 0) is 48.4 Å². The Balaban J connectivity index is 0.671. The summed E-state index contributed by atoms with van der Waals surface area (Å²) in [5.74, 6) is -7.68. The molecule has 34 nitrogen and oxygen atoms in total. The second-order valence-corrected chi connectivity index (χ2v) is 25.8. The van der Waals surface area contributed by atoms with Crippen LogP contribution in [0, 0.1) is 0 Å². The average molecular weight is 1380 g/mol. The molecule has 94 heavy (non-hydrogen) atoms. The lowest BCUT2D eigenvalue weighted by Gasteiger charge is -2.46. The smallest absolute Gasteiger partial charge is 0.475 e. The molecule has 2 aromatic carbocycles. The van der Waals surface area contributed by atoms with E-state index in [1.54, 1.807) is 46.2 Å². The molecule has 5 heterocycles. The number of carbonyl (C=O) groups excluding carboxylic acids is 6. The van der Waals surface area contributed by atoms with E-state index in [1.165, 1.54) is 51.9 Å². The number of carboxylic acids is 1. The predicted molar refractivity (Wildman–Crippen MR) is 330 cm³/mol. The van der Waals surface area contributed by atoms with Crippen LogP contribution in [-0.4, -0.2) is 245 Å². The fraction of sp³-hybridized carbons (Fsp3) is 0.474. The van der Waals surface area contributed by atoms with E-state index in [-0.39, 0.29) is 106 Å². The minimum atomic E-state index is -5.70. The zero-order valence-electron chi connectivity index (χ0n) is 49.8. The number of amides is 6. The van der Waals surface area contributed by atoms with Crippen LogP contribution in [-0.2, 0) is 56.6 Å². The number of phosphoric acid groups is 1. The van der Waals surface area contributed by atoms with Gasteiger partial charge in [-0.15, -0.1) is 0 Å². The maximum absolute atomic E-state index is 14.1. The third-order valence-electron chi connectivity index (χ3n) is 15.1. The highest BCUT2D eigenvalue weighted by Gasteiger charge is 2.59. The fourth-order valence-corrected chi connectivity index (χ4v) is 13.2. The number of phenolic OH excluding ortho intramolecular Hbond substituents is 1. The zero-order valence-corrected chi connectivity index (χ0v) is 52.4. The number of hydrogen-bond acceptors (Lipinski definition) is 27. The van der Waals surface area contributed by atoms with Crippen LogP contribution in [0.15, 0.2) is 86.9 Å². The van der Waals surface area contributed by atoms with Crippen molar-refractivity contribution in [1.29, 1.82) is 0 Å². The van der Waals surface area contributed by atoms with Crippen molar-refractivity contribution in [3.8, 4) is 28.2 Å². The number of nitrogens with two attached hydrogens (primary N) is 1. The van der Waals surface area contributed by atoms with Crippen molar-refractivity contribution < 1.29 is 112 Å². The number of aliphatic hydroxyl groups excluding tert-OH is 6. The number of fused-ring (bicyclic) bond motifs is 2. The number of phenols is 1. The molecule has 8 rings (SSSR count). The molecule has 4 aliphatic heterocycles. The highest BCUT2D eigenvalue weighted by molar-refractivity contribution is 8.76. The molecule has 1 aliphatic carbocycles. The summed E-state index contributed by atoms with van der Waals surface area (Å²) in [6.07, 6.45) is -16.2. The molecular formula is C57H70N9O25PS2. The van der Waals surface area contributed by atoms with Gasteiger partial charge in [-0.2, -0.15) is 4.98 Å². The third kappa shape index (κ3) is 18.4. The molecule has 11 atom stereocenters. The molecule has 5 aliphatic rings. The van der Waals surface area contributed by atoms with Gasteiger partial charge >= 0.3 is 19.5 Å². The molecule has 37 heteroatoms. The van der Waals surface area contributed by atoms with Gasteiger partial charge in [-0.1, -0.05) is 39.8 Å². The van der Waals surface area contributed by atoms with Gasteiger partial charge in [-0.3, -0.25) is 42.7 Å². The molecule has 1 aromatic heterocycles. The first-order valence-electron chi connectivity index (χ1n) is 29.2. The molecule has 3 aromatic rings. The van der Waals surface area contributed by atoms with Crippen LogP contribution in [0.25, 0.3) is 33.4 Å². The summed E-state index contributed by atoms with van der Waals surface area (Å²) in [6.45, 7) is -2.29. The molecule has 0 radical (unpaired) electrons. The third-order valence-corrected chi connectivity index (χ3v) is 18.5. The van der Waals surface area contributed by atoms with E-state index in [0.29, 0.717) is 50.5 Å². The normalized spacial score (nSPS) is 22.6. The number of nitrogen functional groups attached to an aromatic ring is 1. The van der Waals surface area contributed by atoms with Crippen molar-refractivity contribution in [3.05, 3.63) is 99.2 Å². The highest BCUT2D eigenvalue weighted by atomic mass is 33.1. The Bertz CT molecular complexity index is 3690. The number of nitrogens with one attached hydrogen (secondary N) is 4. The number of aliphatic hydroxyl groups is 6. The van der Waals surface area contributed by atoms with Crippen LogP contribution in [0.3, 0.4) is 0 Å². The SMILES string of the molecule is Nc1ccn([C@@H]2O[C@H](COP(=O)(O)O[C@@]3(C(=O)O)CC(O)[C@@H](NC(=O)CNC(=O)CCCC(=O)NCCSSCCNC(=O)COCC(=O)N4CCN(C(=O)c5ccccc5-c5c6ccc(=O)cc-6oc6cc(O)ccc56)CC4)[C@H](C(O)[C@H](O)CO)O3)[C@@H](O)[C@H]2O)c(=O)n1. The Morgan fingerprint density at radius 2 is 1.51 bits per heavy atom. The minimum absolute atomic E-state index is 0.0323. The van der Waals surface area contributed by atoms with Gasteiger partial charge in [0.25, 0.3) is 11.7 Å². The van der Waals surface area contributed by atoms with E-state index < -0.39 is 124 Å². The average Bonchev–Trinajstić information content (AvgIpc) is 1.34. The quantitative estimate of drug-likeness (QED) is 0.00955. The Morgan fingerprint density at radius 3 is 2.20 bits per heavy atom. The summed E-state index contributed by atoms with van der Waals surface area (Å²) >= 11 is 0. The maximum Gasteiger partial charge on any atom is 0.475 e. The second kappa shape index (κ2) is 32.7. The summed E-state index contributed by atoms with van der Waals surface area (Å²) in [5, 5.41) is 93.9. The Hall–Kier alpha value is -7.65. The number of nitrogens with zero attached hydrogens (tertiary/aromatic N) is 4. The maximum atomic E-state index is 14.1. The van der Waals surface area contributed by atoms with Gasteiger partial charge in [0.2, 0.25) is 29.5 Å². The first-order chi connectivity index (χ1) is 44.8. The Labute approximate surface area is 541 Å². The number of carbonyl (C=O) groups is 7. The van der Waals surface area contributed by atoms with Crippen LogP contribution in [0.2, 0.25) is 0 Å². The summed E-state index contributed by atoms with van der Waals surface area (Å²) in [4.78, 5) is 132. The lowest BCUT2D eigenvalue weighted by Crippen LogP contribution is -2.68. The van der Waals surface area contributed by atoms with Crippen LogP contribution >= 0.6 is 29.4 Å². The van der Waals surface area contributed by atoms with Crippen LogP contribution in [0.4, 0.5) is 5.82 Å². The van der Waals surface area contributed by atoms with Crippen LogP contribution in [0.5, 0.6) is 5.75 Å². The van der Waals surface area contributed by atoms with Crippen LogP contribution < -0.4 is 38.1 Å². The number of piperazine rings is 1. The summed E-state index contributed by atoms with van der Waals surface area (Å²) in [6, 6.07) is 15.4. The van der Waals surface area contributed by atoms with E-state index >= 15 is 0 Å². The number of hydrogen-bond donors (Lipinski definition) is 14. The number of rotatable bonds is 30. The van der Waals surface area contributed by atoms with Gasteiger partial charge in [0.1, 0.15) is 72.7 Å². The molecular weight excluding hydrogens is 1310 g/mol. The van der Waals surface area contributed by atoms with E-state index in [1.807, 2.05) is 0 Å². The summed E-state index contributed by atoms with van der Waals surface area (Å²) < 4.78 is 45.9. The van der Waals surface area contributed by atoms with Crippen molar-refractivity contribution in [3.63, 3.8) is 0 Å². The molecule has 3 saturated heterocycles. The fourth-order valence-electron chi connectivity index (χ4n) is 10.4. The standard InChI is InChI=1S/C57H70N9O25PS2/c58-41-12-15-66(56(83)62-41)54-51(79)50(78)40(89-54)27-87-92(84,85)91-57(55(81)82)24-36(70)48(52(90-57)49(77)37(71)26-67)63-44(74)25-61-43(73)7-3-6-42(72)59-13-20-93-94-21-14-60-45(75)28-86-29-46(76)64-16-18-65(19-17-64)53(80)33-5-2-1-4-32(33)47-34-10-8-30(68)22-38(34)88-39-23-31(69)9-11-35(39)47/h1-2,4-5,8-12,15,22-23,36-37,40,48-52,54,67-68,70-71,77-79H,3,6-7,13-14,16-21,24-29H2,(H,59,72)(H,60,75)(H,61,73)(H,63,74)(H,81,82)(H,84,85)(H2,58,62,83)/t36?,37-,40-,48-,49?,50-,51-,52-,54-,57-/m1/s1. The number of aliphatic carboxylic acids is 1. The number of aromatic hydroxyl groups is 1. The monoisotopic (exact) mass is 1380 g/mol. The molecule has 510 valence electrons. The Morgan fingerprint density at radius 1 is 0.830 bits per heavy atom. The van der Waals surface area contributed by atoms with E-state index in [0.717, 1.165) is 10.8 Å². The topological polar surface area (TPSA) is 511 Å². The number of carboxylic acid groups (broad SMARTS) is 1. The number of benzene rings is 3. The van der Waals surface area contributed by atoms with Gasteiger partial charge in [0.05, 0.1) is 31.9 Å². The molecule has 3 fully saturated rings. The van der Waals surface area contributed by atoms with E-state index in [2.05, 4.69) is 26.3 Å². The van der Waals surface area contributed by atoms with Gasteiger partial charge in [-0.25, -0.2) is 18.7 Å². The highest BCUT2D eigenvalue weighted by Crippen LogP contribution is 2.52. The molecule has 15 N–H and O–H groups in total. The van der Waals surface area contributed by atoms with Gasteiger partial charge in [0.15, 0.2) is 11.7 Å². The molecule has 6 amide bonds. The second-order valence-electron chi connectivity index (χ2n) is 21.7. The number of phosphoric ester groups is 1. The predicted octanol–water partition coefficient (Wildman–Crippen LogP) is -2.81. The van der Waals surface area contributed by atoms with Crippen molar-refractivity contribution >= 4 is 87.6 Å². The lowest BCUT2D eigenvalue weighted by atomic mass is 9.88. The molecule has 0 bridgehead atoms. The van der Waals surface area contributed by atoms with Crippen molar-refractivity contribution in [2.45, 2.75) is 86.5 Å². The van der Waals surface area contributed by atoms with Crippen molar-refractivity contribution in [1.82, 2.24) is 40.6 Å². The first kappa shape index (κ1) is 72.2. The number of aromatic nitrogens is 2. The van der Waals surface area contributed by atoms with E-state index in [4.69, 9.17) is 33.4 Å². The zero-order chi connectivity index (χ0) is 68.0. The molecule has 3 unspecified atom stereocenters. The molecule has 0 spiro atoms. The number of anilines is 1. The minimum Gasteiger partial charge on any atom is -0.508 e. The van der Waals surface area contributed by atoms with Crippen molar-refractivity contribution in [2.75, 3.05) is 89.5 Å². The van der Waals surface area contributed by atoms with E-state index in [9.17, 15) is 93.5 Å². The lowest BCUT2D eigenvalue weighted by molar-refractivity contribution is -0.289. The van der Waals surface area contributed by atoms with Gasteiger partial charge < -0.3 is 101 Å². The van der Waals surface area contributed by atoms with Gasteiger partial charge in [0, 0.05) is 110 Å². The summed E-state index contributed by atoms with van der Waals surface area (Å²) in [7, 11) is -2.85. The van der Waals surface area contributed by atoms with Crippen molar-refractivity contribution in [2.24, 2.45) is 0 Å². The molecule has 0 saturated carbocycles. The largest absolute Gasteiger partial charge is 0.508 e. The number of ether oxygens (including phenoxy) is 3. The Kier molecular flexibility index (Phi) is 25.1. The summed E-state index contributed by atoms with van der Waals surface area (Å²) in [5.41, 5.74) is 6.80. The first-order valence-corrected chi connectivity index (χ1v) is 33.1. The van der Waals surface area contributed by atoms with Crippen LogP contribution in [0.1, 0.15) is 42.3 Å².